The van der Waals surface area contributed by atoms with Gasteiger partial charge < -0.3 is 36.9 Å². The topological polar surface area (TPSA) is 217 Å². The highest BCUT2D eigenvalue weighted by Gasteiger charge is 2.30. The molecule has 1 rings (SSSR count). The summed E-state index contributed by atoms with van der Waals surface area (Å²) in [7, 11) is 0. The van der Waals surface area contributed by atoms with Gasteiger partial charge in [0, 0.05) is 24.7 Å². The van der Waals surface area contributed by atoms with Crippen LogP contribution < -0.4 is 21.7 Å². The number of imidazole rings is 1. The van der Waals surface area contributed by atoms with Crippen LogP contribution in [0.15, 0.2) is 12.5 Å². The smallest absolute Gasteiger partial charge is 0.326 e. The van der Waals surface area contributed by atoms with Gasteiger partial charge in [0.05, 0.1) is 12.4 Å². The Hall–Kier alpha value is -2.78. The van der Waals surface area contributed by atoms with Crippen LogP contribution in [0.5, 0.6) is 0 Å². The molecule has 1 heterocycles. The predicted octanol–water partition coefficient (Wildman–Crippen LogP) is -0.810. The van der Waals surface area contributed by atoms with E-state index in [4.69, 9.17) is 10.8 Å². The fraction of sp³-hybridized carbons (Fsp3) is 0.619. The lowest BCUT2D eigenvalue weighted by molar-refractivity contribution is -0.142. The number of nitrogens with zero attached hydrogens (tertiary/aromatic N) is 1. The van der Waals surface area contributed by atoms with Gasteiger partial charge in [-0.15, -0.1) is 0 Å². The summed E-state index contributed by atoms with van der Waals surface area (Å²) in [5.41, 5.74) is 6.29. The van der Waals surface area contributed by atoms with Crippen molar-refractivity contribution in [1.29, 1.82) is 0 Å². The number of hydrogen-bond acceptors (Lipinski definition) is 9. The number of amides is 3. The maximum absolute atomic E-state index is 13.1. The van der Waals surface area contributed by atoms with Crippen molar-refractivity contribution in [1.82, 2.24) is 25.9 Å². The van der Waals surface area contributed by atoms with Crippen LogP contribution in [0.1, 0.15) is 31.4 Å². The van der Waals surface area contributed by atoms with Gasteiger partial charge in [-0.2, -0.15) is 23.5 Å². The first-order valence-corrected chi connectivity index (χ1v) is 13.9. The van der Waals surface area contributed by atoms with Gasteiger partial charge in [0.15, 0.2) is 0 Å². The summed E-state index contributed by atoms with van der Waals surface area (Å²) in [5.74, 6) is -3.30. The number of carboxylic acids is 2. The van der Waals surface area contributed by atoms with Gasteiger partial charge in [-0.3, -0.25) is 19.2 Å². The summed E-state index contributed by atoms with van der Waals surface area (Å²) in [6, 6.07) is -4.44. The SMILES string of the molecule is CSCCC(NC(=O)C(Cc1cnc[nH]1)NC(=O)C(CCSC)NC(=O)C(N)CCC(=O)O)C(=O)O. The minimum absolute atomic E-state index is 0.00770. The van der Waals surface area contributed by atoms with Crippen molar-refractivity contribution in [3.63, 3.8) is 0 Å². The fourth-order valence-electron chi connectivity index (χ4n) is 3.06. The predicted molar refractivity (Wildman–Crippen MR) is 137 cm³/mol. The van der Waals surface area contributed by atoms with E-state index in [1.165, 1.54) is 36.0 Å². The van der Waals surface area contributed by atoms with E-state index in [0.717, 1.165) is 0 Å². The number of aromatic nitrogens is 2. The van der Waals surface area contributed by atoms with E-state index >= 15 is 0 Å². The van der Waals surface area contributed by atoms with Gasteiger partial charge >= 0.3 is 11.9 Å². The number of nitrogens with two attached hydrogens (primary N) is 1. The van der Waals surface area contributed by atoms with Crippen LogP contribution in [-0.2, 0) is 30.4 Å². The third-order valence-corrected chi connectivity index (χ3v) is 6.37. The Morgan fingerprint density at radius 2 is 1.47 bits per heavy atom. The minimum atomic E-state index is -1.19. The Morgan fingerprint density at radius 1 is 0.917 bits per heavy atom. The van der Waals surface area contributed by atoms with E-state index in [1.807, 2.05) is 12.5 Å². The molecular formula is C21H34N6O7S2. The van der Waals surface area contributed by atoms with Crippen LogP contribution in [0.3, 0.4) is 0 Å². The summed E-state index contributed by atoms with van der Waals surface area (Å²) < 4.78 is 0. The monoisotopic (exact) mass is 546 g/mol. The van der Waals surface area contributed by atoms with Gasteiger partial charge in [-0.05, 0) is 43.3 Å². The summed E-state index contributed by atoms with van der Waals surface area (Å²) in [6.07, 6.45) is 6.56. The number of aliphatic carboxylic acids is 2. The molecule has 15 heteroatoms. The first-order valence-electron chi connectivity index (χ1n) is 11.1. The standard InChI is InChI=1S/C21H34N6O7S2/c1-35-7-5-14(25-18(30)13(22)3-4-17(28)29)19(31)27-16(9-12-10-23-11-24-12)20(32)26-15(21(33)34)6-8-36-2/h10-11,13-16H,3-9,22H2,1-2H3,(H,23,24)(H,25,30)(H,26,32)(H,27,31)(H,28,29)(H,33,34). The normalized spacial score (nSPS) is 14.2. The van der Waals surface area contributed by atoms with Crippen molar-refractivity contribution in [2.45, 2.75) is 56.3 Å². The first kappa shape index (κ1) is 31.3. The average molecular weight is 547 g/mol. The zero-order chi connectivity index (χ0) is 27.1. The quantitative estimate of drug-likeness (QED) is 0.121. The molecule has 0 fully saturated rings. The third kappa shape index (κ3) is 11.8. The van der Waals surface area contributed by atoms with Crippen LogP contribution in [0, 0.1) is 0 Å². The van der Waals surface area contributed by atoms with Gasteiger partial charge in [0.25, 0.3) is 0 Å². The second-order valence-corrected chi connectivity index (χ2v) is 9.88. The molecule has 0 spiro atoms. The van der Waals surface area contributed by atoms with Crippen molar-refractivity contribution in [2.24, 2.45) is 5.73 Å². The van der Waals surface area contributed by atoms with Gasteiger partial charge in [0.1, 0.15) is 18.1 Å². The van der Waals surface area contributed by atoms with Crippen LogP contribution in [-0.4, -0.2) is 98.0 Å². The first-order chi connectivity index (χ1) is 17.1. The van der Waals surface area contributed by atoms with Crippen molar-refractivity contribution in [3.05, 3.63) is 18.2 Å². The highest BCUT2D eigenvalue weighted by Crippen LogP contribution is 2.07. The molecule has 202 valence electrons. The lowest BCUT2D eigenvalue weighted by Gasteiger charge is -2.25. The third-order valence-electron chi connectivity index (χ3n) is 5.09. The number of H-pyrrole nitrogens is 1. The average Bonchev–Trinajstić information content (AvgIpc) is 3.34. The number of hydrogen-bond donors (Lipinski definition) is 7. The van der Waals surface area contributed by atoms with E-state index in [-0.39, 0.29) is 32.1 Å². The Kier molecular flexibility index (Phi) is 14.6. The van der Waals surface area contributed by atoms with Crippen LogP contribution in [0.4, 0.5) is 0 Å². The van der Waals surface area contributed by atoms with Crippen molar-refractivity contribution in [2.75, 3.05) is 24.0 Å². The molecule has 4 unspecified atom stereocenters. The molecule has 0 saturated heterocycles. The molecule has 36 heavy (non-hydrogen) atoms. The Labute approximate surface area is 217 Å². The Morgan fingerprint density at radius 3 is 2.00 bits per heavy atom. The van der Waals surface area contributed by atoms with E-state index in [0.29, 0.717) is 17.2 Å². The van der Waals surface area contributed by atoms with Crippen LogP contribution in [0.25, 0.3) is 0 Å². The maximum atomic E-state index is 13.1. The number of carbonyl (C=O) groups is 5. The molecule has 1 aromatic heterocycles. The van der Waals surface area contributed by atoms with Gasteiger partial charge in [-0.25, -0.2) is 9.78 Å². The molecule has 0 radical (unpaired) electrons. The van der Waals surface area contributed by atoms with Crippen molar-refractivity contribution >= 4 is 53.2 Å². The zero-order valence-corrected chi connectivity index (χ0v) is 21.8. The molecule has 1 aromatic rings. The molecule has 4 atom stereocenters. The number of thioether (sulfide) groups is 2. The molecule has 0 aromatic carbocycles. The van der Waals surface area contributed by atoms with Crippen molar-refractivity contribution < 1.29 is 34.2 Å². The molecule has 0 aliphatic carbocycles. The number of aromatic amines is 1. The maximum Gasteiger partial charge on any atom is 0.326 e. The highest BCUT2D eigenvalue weighted by molar-refractivity contribution is 7.98. The second-order valence-electron chi connectivity index (χ2n) is 7.90. The van der Waals surface area contributed by atoms with Crippen LogP contribution >= 0.6 is 23.5 Å². The second kappa shape index (κ2) is 16.8. The molecule has 3 amide bonds. The summed E-state index contributed by atoms with van der Waals surface area (Å²) in [6.45, 7) is 0. The van der Waals surface area contributed by atoms with E-state index in [2.05, 4.69) is 25.9 Å². The number of carbonyl (C=O) groups excluding carboxylic acids is 3. The zero-order valence-electron chi connectivity index (χ0n) is 20.2. The van der Waals surface area contributed by atoms with E-state index in [1.54, 1.807) is 0 Å². The van der Waals surface area contributed by atoms with Crippen LogP contribution in [0.2, 0.25) is 0 Å². The summed E-state index contributed by atoms with van der Waals surface area (Å²) >= 11 is 2.88. The fourth-order valence-corrected chi connectivity index (χ4v) is 4.00. The Balaban J connectivity index is 3.00. The Bertz CT molecular complexity index is 871. The number of carboxylic acid groups (broad SMARTS) is 2. The lowest BCUT2D eigenvalue weighted by atomic mass is 10.1. The molecule has 0 bridgehead atoms. The van der Waals surface area contributed by atoms with Gasteiger partial charge in [0.2, 0.25) is 17.7 Å². The number of nitrogens with one attached hydrogen (secondary N) is 4. The summed E-state index contributed by atoms with van der Waals surface area (Å²) in [5, 5.41) is 25.9. The molecule has 13 nitrogen and oxygen atoms in total. The lowest BCUT2D eigenvalue weighted by Crippen LogP contribution is -2.57. The van der Waals surface area contributed by atoms with E-state index < -0.39 is 53.8 Å². The largest absolute Gasteiger partial charge is 0.481 e. The molecule has 0 aliphatic heterocycles. The molecule has 8 N–H and O–H groups in total. The molecule has 0 aliphatic rings. The van der Waals surface area contributed by atoms with Gasteiger partial charge in [-0.1, -0.05) is 0 Å². The highest BCUT2D eigenvalue weighted by atomic mass is 32.2. The van der Waals surface area contributed by atoms with Crippen molar-refractivity contribution in [3.8, 4) is 0 Å². The summed E-state index contributed by atoms with van der Waals surface area (Å²) in [4.78, 5) is 67.6. The van der Waals surface area contributed by atoms with E-state index in [9.17, 15) is 29.1 Å². The molecular weight excluding hydrogens is 512 g/mol. The number of rotatable bonds is 18. The minimum Gasteiger partial charge on any atom is -0.481 e. The molecule has 0 saturated carbocycles.